The average Bonchev–Trinajstić information content (AvgIpc) is 3.25. The zero-order valence-electron chi connectivity index (χ0n) is 21.4. The first-order valence-electron chi connectivity index (χ1n) is 12.8. The van der Waals surface area contributed by atoms with Crippen molar-refractivity contribution in [1.82, 2.24) is 9.88 Å². The van der Waals surface area contributed by atoms with Gasteiger partial charge in [0.1, 0.15) is 12.2 Å². The van der Waals surface area contributed by atoms with Gasteiger partial charge in [-0.3, -0.25) is 14.6 Å². The van der Waals surface area contributed by atoms with Crippen molar-refractivity contribution in [3.8, 4) is 11.5 Å². The second kappa shape index (κ2) is 10.5. The summed E-state index contributed by atoms with van der Waals surface area (Å²) in [6.45, 7) is 2.97. The Balaban J connectivity index is 1.45. The number of amides is 1. The summed E-state index contributed by atoms with van der Waals surface area (Å²) in [7, 11) is 0. The van der Waals surface area contributed by atoms with Crippen LogP contribution in [0.15, 0.2) is 107 Å². The number of pyridine rings is 1. The molecule has 1 amide bonds. The van der Waals surface area contributed by atoms with Gasteiger partial charge in [0, 0.05) is 18.9 Å². The van der Waals surface area contributed by atoms with Gasteiger partial charge in [-0.15, -0.1) is 0 Å². The molecule has 7 heteroatoms. The minimum Gasteiger partial charge on any atom is -0.490 e. The Morgan fingerprint density at radius 3 is 2.46 bits per heavy atom. The first kappa shape index (κ1) is 24.4. The maximum Gasteiger partial charge on any atom is 0.291 e. The van der Waals surface area contributed by atoms with Crippen LogP contribution in [0.2, 0.25) is 0 Å². The molecule has 1 unspecified atom stereocenters. The van der Waals surface area contributed by atoms with E-state index >= 15 is 0 Å². The molecule has 3 aromatic carbocycles. The molecule has 0 spiro atoms. The van der Waals surface area contributed by atoms with Gasteiger partial charge in [0.2, 0.25) is 5.76 Å². The van der Waals surface area contributed by atoms with Crippen molar-refractivity contribution >= 4 is 16.9 Å². The molecule has 0 fully saturated rings. The molecule has 1 aliphatic rings. The van der Waals surface area contributed by atoms with Crippen LogP contribution in [0.25, 0.3) is 11.0 Å². The van der Waals surface area contributed by atoms with Crippen molar-refractivity contribution in [1.29, 1.82) is 0 Å². The molecule has 7 nitrogen and oxygen atoms in total. The lowest BCUT2D eigenvalue weighted by Crippen LogP contribution is -2.29. The molecule has 5 aromatic rings. The minimum absolute atomic E-state index is 0.0648. The van der Waals surface area contributed by atoms with Gasteiger partial charge in [-0.05, 0) is 53.9 Å². The van der Waals surface area contributed by atoms with E-state index in [9.17, 15) is 9.59 Å². The number of carbonyl (C=O) groups is 1. The molecule has 0 saturated heterocycles. The normalized spacial score (nSPS) is 14.4. The van der Waals surface area contributed by atoms with Crippen LogP contribution in [0.4, 0.5) is 0 Å². The number of nitrogens with zero attached hydrogens (tertiary/aromatic N) is 2. The molecule has 0 radical (unpaired) electrons. The van der Waals surface area contributed by atoms with Crippen LogP contribution in [0.5, 0.6) is 11.5 Å². The van der Waals surface area contributed by atoms with Crippen molar-refractivity contribution in [2.24, 2.45) is 0 Å². The predicted octanol–water partition coefficient (Wildman–Crippen LogP) is 5.91. The fourth-order valence-electron chi connectivity index (χ4n) is 4.98. The van der Waals surface area contributed by atoms with Gasteiger partial charge in [0.25, 0.3) is 5.91 Å². The predicted molar refractivity (Wildman–Crippen MR) is 147 cm³/mol. The summed E-state index contributed by atoms with van der Waals surface area (Å²) in [4.78, 5) is 33.4. The minimum atomic E-state index is -0.670. The van der Waals surface area contributed by atoms with Crippen molar-refractivity contribution < 1.29 is 18.7 Å². The molecule has 0 N–H and O–H groups in total. The molecule has 0 aliphatic carbocycles. The standard InChI is InChI=1S/C32H26N2O5/c1-2-37-27-17-23(14-15-26(27)38-20-21-9-4-3-5-10-21)29-28-30(35)24-12-6-7-13-25(24)39-31(28)32(36)34(29)19-22-11-8-16-33-18-22/h3-18,29H,2,19-20H2,1H3. The van der Waals surface area contributed by atoms with E-state index in [1.165, 1.54) is 0 Å². The highest BCUT2D eigenvalue weighted by atomic mass is 16.5. The smallest absolute Gasteiger partial charge is 0.291 e. The van der Waals surface area contributed by atoms with Crippen molar-refractivity contribution in [2.45, 2.75) is 26.1 Å². The molecule has 6 rings (SSSR count). The second-order valence-corrected chi connectivity index (χ2v) is 9.28. The van der Waals surface area contributed by atoms with E-state index in [-0.39, 0.29) is 23.6 Å². The van der Waals surface area contributed by atoms with Crippen molar-refractivity contribution in [2.75, 3.05) is 6.61 Å². The Bertz CT molecular complexity index is 1700. The van der Waals surface area contributed by atoms with Crippen LogP contribution in [0.3, 0.4) is 0 Å². The molecule has 1 atom stereocenters. The Morgan fingerprint density at radius 1 is 0.872 bits per heavy atom. The fourth-order valence-corrected chi connectivity index (χ4v) is 4.98. The molecule has 0 bridgehead atoms. The number of fused-ring (bicyclic) bond motifs is 2. The van der Waals surface area contributed by atoms with Crippen LogP contribution in [-0.4, -0.2) is 22.4 Å². The van der Waals surface area contributed by atoms with E-state index in [0.29, 0.717) is 41.2 Å². The van der Waals surface area contributed by atoms with Gasteiger partial charge in [0.15, 0.2) is 16.9 Å². The largest absolute Gasteiger partial charge is 0.490 e. The summed E-state index contributed by atoms with van der Waals surface area (Å²) in [6, 6.07) is 25.5. The quantitative estimate of drug-likeness (QED) is 0.254. The summed E-state index contributed by atoms with van der Waals surface area (Å²) < 4.78 is 18.1. The van der Waals surface area contributed by atoms with E-state index in [2.05, 4.69) is 4.98 Å². The number of rotatable bonds is 8. The SMILES string of the molecule is CCOc1cc(C2c3c(oc4ccccc4c3=O)C(=O)N2Cc2cccnc2)ccc1OCc1ccccc1. The monoisotopic (exact) mass is 518 g/mol. The van der Waals surface area contributed by atoms with Crippen molar-refractivity contribution in [3.63, 3.8) is 0 Å². The lowest BCUT2D eigenvalue weighted by Gasteiger charge is -2.26. The van der Waals surface area contributed by atoms with Gasteiger partial charge in [-0.1, -0.05) is 54.6 Å². The highest BCUT2D eigenvalue weighted by molar-refractivity contribution is 5.99. The fraction of sp³-hybridized carbons (Fsp3) is 0.156. The molecule has 3 heterocycles. The molecular formula is C32H26N2O5. The zero-order chi connectivity index (χ0) is 26.8. The maximum atomic E-state index is 13.8. The van der Waals surface area contributed by atoms with Gasteiger partial charge in [-0.25, -0.2) is 0 Å². The summed E-state index contributed by atoms with van der Waals surface area (Å²) in [6.07, 6.45) is 3.40. The Labute approximate surface area is 225 Å². The Kier molecular flexibility index (Phi) is 6.55. The number of benzene rings is 3. The van der Waals surface area contributed by atoms with Crippen LogP contribution in [-0.2, 0) is 13.2 Å². The third-order valence-corrected chi connectivity index (χ3v) is 6.77. The van der Waals surface area contributed by atoms with Crippen LogP contribution in [0, 0.1) is 0 Å². The molecule has 1 aliphatic heterocycles. The number of para-hydroxylation sites is 1. The lowest BCUT2D eigenvalue weighted by molar-refractivity contribution is 0.0714. The van der Waals surface area contributed by atoms with E-state index < -0.39 is 6.04 Å². The van der Waals surface area contributed by atoms with Gasteiger partial charge < -0.3 is 18.8 Å². The van der Waals surface area contributed by atoms with Crippen molar-refractivity contribution in [3.05, 3.63) is 136 Å². The average molecular weight is 519 g/mol. The van der Waals surface area contributed by atoms with Gasteiger partial charge in [-0.2, -0.15) is 0 Å². The van der Waals surface area contributed by atoms with Gasteiger partial charge >= 0.3 is 0 Å². The molecule has 2 aromatic heterocycles. The number of hydrogen-bond acceptors (Lipinski definition) is 6. The molecule has 194 valence electrons. The van der Waals surface area contributed by atoms with E-state index in [1.807, 2.05) is 67.6 Å². The topological polar surface area (TPSA) is 81.9 Å². The second-order valence-electron chi connectivity index (χ2n) is 9.28. The zero-order valence-corrected chi connectivity index (χ0v) is 21.4. The summed E-state index contributed by atoms with van der Waals surface area (Å²) in [5.74, 6) is 0.843. The molecule has 0 saturated carbocycles. The number of ether oxygens (including phenoxy) is 2. The van der Waals surface area contributed by atoms with Crippen LogP contribution >= 0.6 is 0 Å². The molecular weight excluding hydrogens is 492 g/mol. The highest BCUT2D eigenvalue weighted by Crippen LogP contribution is 2.41. The van der Waals surface area contributed by atoms with Crippen LogP contribution < -0.4 is 14.9 Å². The summed E-state index contributed by atoms with van der Waals surface area (Å²) in [5.41, 5.74) is 3.09. The van der Waals surface area contributed by atoms with Crippen LogP contribution in [0.1, 0.15) is 45.8 Å². The maximum absolute atomic E-state index is 13.8. The summed E-state index contributed by atoms with van der Waals surface area (Å²) >= 11 is 0. The highest BCUT2D eigenvalue weighted by Gasteiger charge is 2.43. The Morgan fingerprint density at radius 2 is 1.67 bits per heavy atom. The third-order valence-electron chi connectivity index (χ3n) is 6.77. The first-order valence-corrected chi connectivity index (χ1v) is 12.8. The third kappa shape index (κ3) is 4.63. The van der Waals surface area contributed by atoms with Gasteiger partial charge in [0.05, 0.1) is 23.6 Å². The number of aromatic nitrogens is 1. The number of carbonyl (C=O) groups excluding carboxylic acids is 1. The molecule has 39 heavy (non-hydrogen) atoms. The Hall–Kier alpha value is -4.91. The summed E-state index contributed by atoms with van der Waals surface area (Å²) in [5, 5.41) is 0.435. The van der Waals surface area contributed by atoms with E-state index in [0.717, 1.165) is 16.7 Å². The first-order chi connectivity index (χ1) is 19.1. The lowest BCUT2D eigenvalue weighted by atomic mass is 9.98. The van der Waals surface area contributed by atoms with E-state index in [1.54, 1.807) is 41.6 Å². The van der Waals surface area contributed by atoms with E-state index in [4.69, 9.17) is 13.9 Å². The number of hydrogen-bond donors (Lipinski definition) is 0.